The molecule has 0 N–H and O–H groups in total. The van der Waals surface area contributed by atoms with Gasteiger partial charge in [-0.05, 0) is 48.7 Å². The average Bonchev–Trinajstić information content (AvgIpc) is 2.97. The Morgan fingerprint density at radius 2 is 2.05 bits per heavy atom. The van der Waals surface area contributed by atoms with Gasteiger partial charge in [0.15, 0.2) is 0 Å². The fraction of sp³-hybridized carbons (Fsp3) is 0.250. The zero-order chi connectivity index (χ0) is 13.9. The minimum atomic E-state index is 0.101. The van der Waals surface area contributed by atoms with Crippen LogP contribution in [0.15, 0.2) is 53.3 Å². The lowest BCUT2D eigenvalue weighted by molar-refractivity contribution is 0.0735. The molecule has 0 saturated carbocycles. The molecule has 1 saturated heterocycles. The number of halogens is 1. The monoisotopic (exact) mass is 330 g/mol. The van der Waals surface area contributed by atoms with Gasteiger partial charge >= 0.3 is 0 Å². The van der Waals surface area contributed by atoms with Gasteiger partial charge in [-0.2, -0.15) is 0 Å². The third-order valence-corrected chi connectivity index (χ3v) is 4.20. The van der Waals surface area contributed by atoms with Crippen LogP contribution in [0.3, 0.4) is 0 Å². The lowest BCUT2D eigenvalue weighted by Gasteiger charge is -2.25. The first kappa shape index (κ1) is 13.3. The van der Waals surface area contributed by atoms with Crippen LogP contribution in [0.2, 0.25) is 0 Å². The van der Waals surface area contributed by atoms with Gasteiger partial charge in [-0.1, -0.05) is 22.0 Å². The summed E-state index contributed by atoms with van der Waals surface area (Å²) in [4.78, 5) is 18.8. The van der Waals surface area contributed by atoms with E-state index in [1.165, 1.54) is 0 Å². The SMILES string of the molecule is O=C(c1ccc(Br)cc1)N1CCCC1c1cccnc1. The van der Waals surface area contributed by atoms with E-state index in [1.54, 1.807) is 6.20 Å². The van der Waals surface area contributed by atoms with Crippen molar-refractivity contribution < 1.29 is 4.79 Å². The Bertz CT molecular complexity index is 598. The molecular formula is C16H15BrN2O. The fourth-order valence-corrected chi connectivity index (χ4v) is 2.95. The highest BCUT2D eigenvalue weighted by Gasteiger charge is 2.30. The molecule has 1 aromatic heterocycles. The first-order valence-corrected chi connectivity index (χ1v) is 7.51. The van der Waals surface area contributed by atoms with Crippen molar-refractivity contribution in [1.29, 1.82) is 0 Å². The van der Waals surface area contributed by atoms with Crippen molar-refractivity contribution in [3.8, 4) is 0 Å². The molecule has 4 heteroatoms. The molecule has 102 valence electrons. The standard InChI is InChI=1S/C16H15BrN2O/c17-14-7-5-12(6-8-14)16(20)19-10-2-4-15(19)13-3-1-9-18-11-13/h1,3,5-9,11,15H,2,4,10H2. The summed E-state index contributed by atoms with van der Waals surface area (Å²) in [5, 5.41) is 0. The van der Waals surface area contributed by atoms with Crippen LogP contribution in [0, 0.1) is 0 Å². The van der Waals surface area contributed by atoms with Crippen molar-refractivity contribution in [2.75, 3.05) is 6.54 Å². The predicted molar refractivity (Wildman–Crippen MR) is 81.4 cm³/mol. The van der Waals surface area contributed by atoms with E-state index in [4.69, 9.17) is 0 Å². The second kappa shape index (κ2) is 5.75. The van der Waals surface area contributed by atoms with Gasteiger partial charge in [0.2, 0.25) is 0 Å². The summed E-state index contributed by atoms with van der Waals surface area (Å²) in [6.45, 7) is 0.814. The molecule has 2 heterocycles. The number of carbonyl (C=O) groups is 1. The van der Waals surface area contributed by atoms with Crippen LogP contribution in [0.1, 0.15) is 34.8 Å². The van der Waals surface area contributed by atoms with Gasteiger partial charge in [0.25, 0.3) is 5.91 Å². The van der Waals surface area contributed by atoms with Gasteiger partial charge in [0.05, 0.1) is 6.04 Å². The Balaban J connectivity index is 1.85. The number of pyridine rings is 1. The van der Waals surface area contributed by atoms with Crippen LogP contribution < -0.4 is 0 Å². The summed E-state index contributed by atoms with van der Waals surface area (Å²) in [5.41, 5.74) is 1.86. The van der Waals surface area contributed by atoms with E-state index in [2.05, 4.69) is 20.9 Å². The zero-order valence-electron chi connectivity index (χ0n) is 11.0. The van der Waals surface area contributed by atoms with Gasteiger partial charge in [-0.3, -0.25) is 9.78 Å². The quantitative estimate of drug-likeness (QED) is 0.838. The zero-order valence-corrected chi connectivity index (χ0v) is 12.6. The molecule has 1 aliphatic rings. The minimum Gasteiger partial charge on any atom is -0.332 e. The van der Waals surface area contributed by atoms with Gasteiger partial charge in [0, 0.05) is 29.0 Å². The van der Waals surface area contributed by atoms with Crippen molar-refractivity contribution in [2.45, 2.75) is 18.9 Å². The van der Waals surface area contributed by atoms with Crippen LogP contribution in [0.4, 0.5) is 0 Å². The molecule has 0 bridgehead atoms. The second-order valence-electron chi connectivity index (χ2n) is 4.95. The number of likely N-dealkylation sites (tertiary alicyclic amines) is 1. The summed E-state index contributed by atoms with van der Waals surface area (Å²) in [7, 11) is 0. The van der Waals surface area contributed by atoms with Crippen LogP contribution in [-0.2, 0) is 0 Å². The Labute approximate surface area is 126 Å². The molecule has 1 aromatic carbocycles. The van der Waals surface area contributed by atoms with Gasteiger partial charge in [0.1, 0.15) is 0 Å². The Kier molecular flexibility index (Phi) is 3.83. The van der Waals surface area contributed by atoms with E-state index in [-0.39, 0.29) is 11.9 Å². The van der Waals surface area contributed by atoms with Crippen molar-refractivity contribution in [1.82, 2.24) is 9.88 Å². The third kappa shape index (κ3) is 2.61. The lowest BCUT2D eigenvalue weighted by Crippen LogP contribution is -2.30. The first-order valence-electron chi connectivity index (χ1n) is 6.72. The van der Waals surface area contributed by atoms with E-state index in [9.17, 15) is 4.79 Å². The maximum atomic E-state index is 12.6. The van der Waals surface area contributed by atoms with Crippen molar-refractivity contribution >= 4 is 21.8 Å². The van der Waals surface area contributed by atoms with E-state index < -0.39 is 0 Å². The van der Waals surface area contributed by atoms with Gasteiger partial charge in [-0.25, -0.2) is 0 Å². The van der Waals surface area contributed by atoms with Gasteiger partial charge in [-0.15, -0.1) is 0 Å². The van der Waals surface area contributed by atoms with Crippen LogP contribution >= 0.6 is 15.9 Å². The highest BCUT2D eigenvalue weighted by Crippen LogP contribution is 2.32. The van der Waals surface area contributed by atoms with Crippen LogP contribution in [0.25, 0.3) is 0 Å². The summed E-state index contributed by atoms with van der Waals surface area (Å²) < 4.78 is 0.985. The van der Waals surface area contributed by atoms with Crippen molar-refractivity contribution in [3.63, 3.8) is 0 Å². The fourth-order valence-electron chi connectivity index (χ4n) is 2.69. The third-order valence-electron chi connectivity index (χ3n) is 3.67. The predicted octanol–water partition coefficient (Wildman–Crippen LogP) is 3.82. The lowest BCUT2D eigenvalue weighted by atomic mass is 10.1. The molecule has 1 unspecified atom stereocenters. The maximum Gasteiger partial charge on any atom is 0.254 e. The van der Waals surface area contributed by atoms with E-state index in [0.29, 0.717) is 0 Å². The molecule has 1 aliphatic heterocycles. The van der Waals surface area contributed by atoms with Crippen LogP contribution in [0.5, 0.6) is 0 Å². The summed E-state index contributed by atoms with van der Waals surface area (Å²) >= 11 is 3.39. The number of hydrogen-bond acceptors (Lipinski definition) is 2. The summed E-state index contributed by atoms with van der Waals surface area (Å²) in [6.07, 6.45) is 5.67. The van der Waals surface area contributed by atoms with E-state index >= 15 is 0 Å². The largest absolute Gasteiger partial charge is 0.332 e. The van der Waals surface area contributed by atoms with Crippen molar-refractivity contribution in [3.05, 3.63) is 64.4 Å². The number of nitrogens with zero attached hydrogens (tertiary/aromatic N) is 2. The normalized spacial score (nSPS) is 18.2. The summed E-state index contributed by atoms with van der Waals surface area (Å²) in [6, 6.07) is 11.7. The Morgan fingerprint density at radius 3 is 2.75 bits per heavy atom. The second-order valence-corrected chi connectivity index (χ2v) is 5.87. The molecule has 20 heavy (non-hydrogen) atoms. The van der Waals surface area contributed by atoms with E-state index in [1.807, 2.05) is 47.5 Å². The molecule has 0 spiro atoms. The first-order chi connectivity index (χ1) is 9.75. The summed E-state index contributed by atoms with van der Waals surface area (Å²) in [5.74, 6) is 0.101. The molecule has 3 rings (SSSR count). The number of benzene rings is 1. The Hall–Kier alpha value is -1.68. The number of carbonyl (C=O) groups excluding carboxylic acids is 1. The number of aromatic nitrogens is 1. The number of amides is 1. The molecule has 3 nitrogen and oxygen atoms in total. The molecule has 1 fully saturated rings. The molecule has 2 aromatic rings. The highest BCUT2D eigenvalue weighted by molar-refractivity contribution is 9.10. The maximum absolute atomic E-state index is 12.6. The molecule has 1 atom stereocenters. The molecule has 1 amide bonds. The van der Waals surface area contributed by atoms with E-state index in [0.717, 1.165) is 35.0 Å². The van der Waals surface area contributed by atoms with Crippen molar-refractivity contribution in [2.24, 2.45) is 0 Å². The van der Waals surface area contributed by atoms with Gasteiger partial charge < -0.3 is 4.90 Å². The molecular weight excluding hydrogens is 316 g/mol. The smallest absolute Gasteiger partial charge is 0.254 e. The minimum absolute atomic E-state index is 0.101. The number of hydrogen-bond donors (Lipinski definition) is 0. The van der Waals surface area contributed by atoms with Crippen LogP contribution in [-0.4, -0.2) is 22.3 Å². The Morgan fingerprint density at radius 1 is 1.25 bits per heavy atom. The molecule has 0 aliphatic carbocycles. The topological polar surface area (TPSA) is 33.2 Å². The number of rotatable bonds is 2. The average molecular weight is 331 g/mol. The molecule has 0 radical (unpaired) electrons. The highest BCUT2D eigenvalue weighted by atomic mass is 79.9.